The molecule has 3 aliphatic carbocycles. The minimum atomic E-state index is 0.0212. The maximum absolute atomic E-state index is 13.5. The molecule has 1 N–H and O–H groups in total. The third-order valence-corrected chi connectivity index (χ3v) is 10.9. The first-order valence-electron chi connectivity index (χ1n) is 12.6. The number of carbonyl (C=O) groups is 1. The van der Waals surface area contributed by atoms with Crippen molar-refractivity contribution in [2.45, 2.75) is 71.3 Å². The molecule has 0 saturated heterocycles. The number of anilines is 1. The summed E-state index contributed by atoms with van der Waals surface area (Å²) in [4.78, 5) is 18.1. The van der Waals surface area contributed by atoms with Gasteiger partial charge in [0.1, 0.15) is 5.82 Å². The molecule has 1 aromatic carbocycles. The molecule has 0 spiro atoms. The summed E-state index contributed by atoms with van der Waals surface area (Å²) in [6.45, 7) is 4.95. The molecule has 6 rings (SSSR count). The Labute approximate surface area is 206 Å². The molecule has 0 bridgehead atoms. The van der Waals surface area contributed by atoms with Crippen molar-refractivity contribution in [3.8, 4) is 0 Å². The van der Waals surface area contributed by atoms with Gasteiger partial charge in [0, 0.05) is 30.8 Å². The van der Waals surface area contributed by atoms with Crippen molar-refractivity contribution in [1.29, 1.82) is 0 Å². The average molecular weight is 486 g/mol. The second kappa shape index (κ2) is 7.75. The van der Waals surface area contributed by atoms with Crippen LogP contribution in [0.4, 0.5) is 5.69 Å². The lowest BCUT2D eigenvalue weighted by Crippen LogP contribution is -2.54. The number of rotatable bonds is 2. The quantitative estimate of drug-likeness (QED) is 0.489. The lowest BCUT2D eigenvalue weighted by Gasteiger charge is -2.60. The molecule has 1 unspecified atom stereocenters. The monoisotopic (exact) mass is 485 g/mol. The van der Waals surface area contributed by atoms with Gasteiger partial charge in [-0.1, -0.05) is 43.1 Å². The summed E-state index contributed by atoms with van der Waals surface area (Å²) in [6.07, 6.45) is 13.5. The van der Waals surface area contributed by atoms with Crippen molar-refractivity contribution in [3.63, 3.8) is 0 Å². The Balaban J connectivity index is 1.25. The number of hydrogen-bond acceptors (Lipinski definition) is 2. The van der Waals surface area contributed by atoms with Gasteiger partial charge in [-0.3, -0.25) is 4.79 Å². The van der Waals surface area contributed by atoms with Gasteiger partial charge in [0.2, 0.25) is 5.91 Å². The zero-order valence-corrected chi connectivity index (χ0v) is 21.0. The molecular formula is C27H33Cl2N3O. The fourth-order valence-electron chi connectivity index (χ4n) is 8.71. The molecule has 33 heavy (non-hydrogen) atoms. The van der Waals surface area contributed by atoms with Gasteiger partial charge in [-0.25, -0.2) is 4.98 Å². The minimum Gasteiger partial charge on any atom is -0.331 e. The maximum Gasteiger partial charge on any atom is 0.228 e. The number of benzene rings is 1. The highest BCUT2D eigenvalue weighted by Crippen LogP contribution is 2.67. The SMILES string of the molecule is C[C@]12CC[C@H]3[C@@H](CCC4n5ccnc5CC[C@@]43C)[C@@H]1CC[C@@H]2C(=O)Nc1c(Cl)cccc1Cl. The summed E-state index contributed by atoms with van der Waals surface area (Å²) in [5.74, 6) is 3.46. The van der Waals surface area contributed by atoms with Crippen molar-refractivity contribution in [3.05, 3.63) is 46.5 Å². The molecule has 3 fully saturated rings. The standard InChI is InChI=1S/C27H33Cl2N3O/c1-26-12-10-18-16(6-9-22-27(18,2)13-11-23-30-14-15-32(22)23)17(26)7-8-19(26)25(33)31-24-20(28)4-3-5-21(24)29/h3-5,14-19,22H,6-13H2,1-2H3,(H,31,33)/t16-,17-,18-,19+,22?,26-,27+/m0/s1. The summed E-state index contributed by atoms with van der Waals surface area (Å²) in [7, 11) is 0. The second-order valence-electron chi connectivity index (χ2n) is 11.5. The van der Waals surface area contributed by atoms with E-state index in [0.717, 1.165) is 37.5 Å². The Morgan fingerprint density at radius 3 is 2.58 bits per heavy atom. The molecular weight excluding hydrogens is 453 g/mol. The summed E-state index contributed by atoms with van der Waals surface area (Å²) in [5.41, 5.74) is 0.943. The van der Waals surface area contributed by atoms with Crippen LogP contribution in [0.5, 0.6) is 0 Å². The Hall–Kier alpha value is -1.52. The van der Waals surface area contributed by atoms with Crippen molar-refractivity contribution >= 4 is 34.8 Å². The molecule has 1 aliphatic heterocycles. The van der Waals surface area contributed by atoms with Gasteiger partial charge >= 0.3 is 0 Å². The Morgan fingerprint density at radius 1 is 1.03 bits per heavy atom. The number of aromatic nitrogens is 2. The Kier molecular flexibility index (Phi) is 5.16. The van der Waals surface area contributed by atoms with Crippen LogP contribution in [0.3, 0.4) is 0 Å². The van der Waals surface area contributed by atoms with Crippen molar-refractivity contribution in [1.82, 2.24) is 9.55 Å². The molecule has 0 radical (unpaired) electrons. The number of nitrogens with zero attached hydrogens (tertiary/aromatic N) is 2. The first-order valence-corrected chi connectivity index (χ1v) is 13.3. The van der Waals surface area contributed by atoms with E-state index in [0.29, 0.717) is 33.1 Å². The third-order valence-electron chi connectivity index (χ3n) is 10.3. The topological polar surface area (TPSA) is 46.9 Å². The summed E-state index contributed by atoms with van der Waals surface area (Å²) >= 11 is 12.7. The first-order chi connectivity index (χ1) is 15.8. The van der Waals surface area contributed by atoms with Gasteiger partial charge in [-0.05, 0) is 85.7 Å². The number of amides is 1. The lowest BCUT2D eigenvalue weighted by atomic mass is 9.47. The number of fused-ring (bicyclic) bond motifs is 7. The lowest BCUT2D eigenvalue weighted by molar-refractivity contribution is -0.130. The number of aryl methyl sites for hydroxylation is 1. The van der Waals surface area contributed by atoms with Gasteiger partial charge in [0.25, 0.3) is 0 Å². The van der Waals surface area contributed by atoms with E-state index in [2.05, 4.69) is 34.9 Å². The van der Waals surface area contributed by atoms with Crippen LogP contribution in [-0.4, -0.2) is 15.5 Å². The van der Waals surface area contributed by atoms with E-state index < -0.39 is 0 Å². The van der Waals surface area contributed by atoms with Gasteiger partial charge in [-0.15, -0.1) is 0 Å². The molecule has 1 amide bonds. The minimum absolute atomic E-state index is 0.0212. The number of carbonyl (C=O) groups excluding carboxylic acids is 1. The van der Waals surface area contributed by atoms with Gasteiger partial charge in [-0.2, -0.15) is 0 Å². The molecule has 3 saturated carbocycles. The molecule has 2 heterocycles. The molecule has 2 aromatic rings. The van der Waals surface area contributed by atoms with Crippen molar-refractivity contribution in [2.24, 2.45) is 34.5 Å². The summed E-state index contributed by atoms with van der Waals surface area (Å²) in [6, 6.07) is 5.95. The van der Waals surface area contributed by atoms with Gasteiger partial charge in [0.15, 0.2) is 0 Å². The van der Waals surface area contributed by atoms with E-state index in [-0.39, 0.29) is 17.2 Å². The van der Waals surface area contributed by atoms with E-state index >= 15 is 0 Å². The molecule has 176 valence electrons. The van der Waals surface area contributed by atoms with E-state index in [4.69, 9.17) is 23.2 Å². The van der Waals surface area contributed by atoms with E-state index in [1.165, 1.54) is 31.5 Å². The molecule has 6 heteroatoms. The zero-order chi connectivity index (χ0) is 23.0. The van der Waals surface area contributed by atoms with Crippen LogP contribution in [0.1, 0.15) is 70.7 Å². The van der Waals surface area contributed by atoms with Gasteiger partial charge in [0.05, 0.1) is 15.7 Å². The number of para-hydroxylation sites is 1. The van der Waals surface area contributed by atoms with Crippen LogP contribution in [0, 0.1) is 34.5 Å². The molecule has 4 nitrogen and oxygen atoms in total. The van der Waals surface area contributed by atoms with Crippen LogP contribution in [0.2, 0.25) is 10.0 Å². The first kappa shape index (κ1) is 22.0. The Morgan fingerprint density at radius 2 is 1.79 bits per heavy atom. The van der Waals surface area contributed by atoms with E-state index in [1.807, 2.05) is 12.3 Å². The van der Waals surface area contributed by atoms with Crippen LogP contribution >= 0.6 is 23.2 Å². The largest absolute Gasteiger partial charge is 0.331 e. The fourth-order valence-corrected chi connectivity index (χ4v) is 9.20. The predicted octanol–water partition coefficient (Wildman–Crippen LogP) is 7.17. The van der Waals surface area contributed by atoms with Crippen LogP contribution in [0.25, 0.3) is 0 Å². The Bertz CT molecular complexity index is 1080. The summed E-state index contributed by atoms with van der Waals surface area (Å²) < 4.78 is 2.49. The summed E-state index contributed by atoms with van der Waals surface area (Å²) in [5, 5.41) is 4.10. The predicted molar refractivity (Wildman–Crippen MR) is 133 cm³/mol. The average Bonchev–Trinajstić information content (AvgIpc) is 3.40. The molecule has 4 aliphatic rings. The zero-order valence-electron chi connectivity index (χ0n) is 19.5. The van der Waals surface area contributed by atoms with Crippen LogP contribution in [-0.2, 0) is 11.2 Å². The maximum atomic E-state index is 13.5. The van der Waals surface area contributed by atoms with E-state index in [1.54, 1.807) is 12.1 Å². The number of hydrogen-bond donors (Lipinski definition) is 1. The number of imidazole rings is 1. The van der Waals surface area contributed by atoms with Crippen LogP contribution in [0.15, 0.2) is 30.6 Å². The smallest absolute Gasteiger partial charge is 0.228 e. The fraction of sp³-hybridized carbons (Fsp3) is 0.630. The third kappa shape index (κ3) is 3.16. The molecule has 1 aromatic heterocycles. The highest BCUT2D eigenvalue weighted by Gasteiger charge is 2.61. The number of halogens is 2. The van der Waals surface area contributed by atoms with Crippen molar-refractivity contribution in [2.75, 3.05) is 5.32 Å². The molecule has 7 atom stereocenters. The number of nitrogens with one attached hydrogen (secondary N) is 1. The normalized spacial score (nSPS) is 39.2. The second-order valence-corrected chi connectivity index (χ2v) is 12.3. The van der Waals surface area contributed by atoms with Gasteiger partial charge < -0.3 is 9.88 Å². The highest BCUT2D eigenvalue weighted by molar-refractivity contribution is 6.39. The van der Waals surface area contributed by atoms with Crippen LogP contribution < -0.4 is 5.32 Å². The highest BCUT2D eigenvalue weighted by atomic mass is 35.5. The van der Waals surface area contributed by atoms with E-state index in [9.17, 15) is 4.79 Å². The van der Waals surface area contributed by atoms with Crippen molar-refractivity contribution < 1.29 is 4.79 Å².